The molecule has 0 spiro atoms. The van der Waals surface area contributed by atoms with E-state index in [1.165, 1.54) is 18.9 Å². The van der Waals surface area contributed by atoms with Crippen LogP contribution < -0.4 is 10.0 Å². The average Bonchev–Trinajstić information content (AvgIpc) is 3.35. The Hall–Kier alpha value is -1.44. The molecule has 2 atom stereocenters. The van der Waals surface area contributed by atoms with E-state index in [1.54, 1.807) is 12.1 Å². The van der Waals surface area contributed by atoms with Crippen LogP contribution in [0, 0.1) is 6.92 Å². The molecule has 1 aromatic carbocycles. The molecule has 1 aliphatic carbocycles. The maximum Gasteiger partial charge on any atom is 0.254 e. The minimum atomic E-state index is -3.56. The van der Waals surface area contributed by atoms with Crippen LogP contribution in [0.25, 0.3) is 0 Å². The third-order valence-corrected chi connectivity index (χ3v) is 7.48. The number of piperidine rings is 1. The van der Waals surface area contributed by atoms with Gasteiger partial charge in [-0.15, -0.1) is 0 Å². The van der Waals surface area contributed by atoms with Gasteiger partial charge in [0.1, 0.15) is 0 Å². The minimum absolute atomic E-state index is 0.0494. The molecule has 2 aliphatic heterocycles. The van der Waals surface area contributed by atoms with Crippen molar-refractivity contribution >= 4 is 15.9 Å². The van der Waals surface area contributed by atoms with Gasteiger partial charge in [0.25, 0.3) is 5.91 Å². The van der Waals surface area contributed by atoms with E-state index in [4.69, 9.17) is 0 Å². The van der Waals surface area contributed by atoms with Gasteiger partial charge in [0, 0.05) is 36.8 Å². The summed E-state index contributed by atoms with van der Waals surface area (Å²) in [6.45, 7) is 1.86. The van der Waals surface area contributed by atoms with Crippen LogP contribution in [-0.2, 0) is 10.0 Å². The largest absolute Gasteiger partial charge is 0.339 e. The normalized spacial score (nSPS) is 28.2. The lowest BCUT2D eigenvalue weighted by molar-refractivity contribution is 0.0680. The second-order valence-corrected chi connectivity index (χ2v) is 9.77. The van der Waals surface area contributed by atoms with Crippen LogP contribution in [0.5, 0.6) is 0 Å². The van der Waals surface area contributed by atoms with Crippen LogP contribution >= 0.6 is 0 Å². The Morgan fingerprint density at radius 1 is 1.15 bits per heavy atom. The predicted octanol–water partition coefficient (Wildman–Crippen LogP) is 1.79. The van der Waals surface area contributed by atoms with E-state index in [0.717, 1.165) is 31.2 Å². The second kappa shape index (κ2) is 6.62. The zero-order valence-corrected chi connectivity index (χ0v) is 16.2. The van der Waals surface area contributed by atoms with Gasteiger partial charge in [-0.1, -0.05) is 6.07 Å². The number of nitrogens with one attached hydrogen (secondary N) is 2. The quantitative estimate of drug-likeness (QED) is 0.820. The van der Waals surface area contributed by atoms with Crippen molar-refractivity contribution in [1.29, 1.82) is 0 Å². The van der Waals surface area contributed by atoms with Gasteiger partial charge in [-0.2, -0.15) is 0 Å². The number of hydrogen-bond acceptors (Lipinski definition) is 4. The van der Waals surface area contributed by atoms with E-state index >= 15 is 0 Å². The average molecular weight is 378 g/mol. The minimum Gasteiger partial charge on any atom is -0.339 e. The fraction of sp³-hybridized carbons (Fsp3) is 0.632. The maximum absolute atomic E-state index is 13.1. The fourth-order valence-corrected chi connectivity index (χ4v) is 5.52. The zero-order chi connectivity index (χ0) is 18.5. The molecule has 2 bridgehead atoms. The number of nitrogens with zero attached hydrogens (tertiary/aromatic N) is 1. The highest BCUT2D eigenvalue weighted by Gasteiger charge is 2.37. The molecule has 0 radical (unpaired) electrons. The van der Waals surface area contributed by atoms with Gasteiger partial charge >= 0.3 is 0 Å². The highest BCUT2D eigenvalue weighted by molar-refractivity contribution is 7.89. The van der Waals surface area contributed by atoms with Gasteiger partial charge in [0.2, 0.25) is 10.0 Å². The van der Waals surface area contributed by atoms with Gasteiger partial charge < -0.3 is 10.2 Å². The summed E-state index contributed by atoms with van der Waals surface area (Å²) in [4.78, 5) is 15.1. The standard InChI is InChI=1S/C19H27N3O3S/c1-12-3-8-17(26(24,25)21-13-4-5-13)11-18(12)19(23)22(2)16-9-14-6-7-15(10-16)20-14/h3,8,11,13-16,20-21H,4-7,9-10H2,1-2H3. The topological polar surface area (TPSA) is 78.5 Å². The molecule has 7 heteroatoms. The van der Waals surface area contributed by atoms with Crippen LogP contribution in [-0.4, -0.2) is 50.4 Å². The van der Waals surface area contributed by atoms with Crippen molar-refractivity contribution in [2.24, 2.45) is 0 Å². The number of sulfonamides is 1. The Morgan fingerprint density at radius 3 is 2.42 bits per heavy atom. The van der Waals surface area contributed by atoms with Gasteiger partial charge in [-0.25, -0.2) is 13.1 Å². The summed E-state index contributed by atoms with van der Waals surface area (Å²) in [5.41, 5.74) is 1.29. The number of aryl methyl sites for hydroxylation is 1. The number of benzene rings is 1. The predicted molar refractivity (Wildman–Crippen MR) is 99.6 cm³/mol. The molecule has 1 saturated carbocycles. The number of rotatable bonds is 5. The smallest absolute Gasteiger partial charge is 0.254 e. The molecule has 4 rings (SSSR count). The molecule has 2 saturated heterocycles. The zero-order valence-electron chi connectivity index (χ0n) is 15.4. The van der Waals surface area contributed by atoms with E-state index in [-0.39, 0.29) is 22.9 Å². The molecule has 1 amide bonds. The summed E-state index contributed by atoms with van der Waals surface area (Å²) in [5.74, 6) is -0.0859. The van der Waals surface area contributed by atoms with E-state index in [0.29, 0.717) is 17.6 Å². The Labute approximate surface area is 155 Å². The first-order chi connectivity index (χ1) is 12.3. The lowest BCUT2D eigenvalue weighted by Gasteiger charge is -2.35. The summed E-state index contributed by atoms with van der Waals surface area (Å²) < 4.78 is 27.7. The first-order valence-electron chi connectivity index (χ1n) is 9.49. The molecule has 142 valence electrons. The third kappa shape index (κ3) is 3.52. The van der Waals surface area contributed by atoms with E-state index < -0.39 is 10.0 Å². The van der Waals surface area contributed by atoms with Crippen molar-refractivity contribution in [3.05, 3.63) is 29.3 Å². The molecule has 3 aliphatic rings. The highest BCUT2D eigenvalue weighted by atomic mass is 32.2. The van der Waals surface area contributed by atoms with Crippen LogP contribution in [0.15, 0.2) is 23.1 Å². The number of hydrogen-bond donors (Lipinski definition) is 2. The summed E-state index contributed by atoms with van der Waals surface area (Å²) in [6.07, 6.45) is 6.08. The lowest BCUT2D eigenvalue weighted by Crippen LogP contribution is -2.48. The molecule has 3 fully saturated rings. The summed E-state index contributed by atoms with van der Waals surface area (Å²) >= 11 is 0. The summed E-state index contributed by atoms with van der Waals surface area (Å²) in [5, 5.41) is 3.59. The summed E-state index contributed by atoms with van der Waals surface area (Å²) in [6, 6.07) is 6.12. The SMILES string of the molecule is Cc1ccc(S(=O)(=O)NC2CC2)cc1C(=O)N(C)C1CC2CCC(C1)N2. The highest BCUT2D eigenvalue weighted by Crippen LogP contribution is 2.30. The van der Waals surface area contributed by atoms with Crippen molar-refractivity contribution in [2.45, 2.75) is 74.5 Å². The molecule has 1 aromatic rings. The molecular formula is C19H27N3O3S. The Kier molecular flexibility index (Phi) is 4.57. The molecule has 2 N–H and O–H groups in total. The van der Waals surface area contributed by atoms with Gasteiger partial charge in [0.05, 0.1) is 4.90 Å². The van der Waals surface area contributed by atoms with Crippen molar-refractivity contribution in [2.75, 3.05) is 7.05 Å². The monoisotopic (exact) mass is 377 g/mol. The van der Waals surface area contributed by atoms with E-state index in [1.807, 2.05) is 18.9 Å². The Balaban J connectivity index is 1.56. The molecule has 0 aromatic heterocycles. The van der Waals surface area contributed by atoms with Crippen LogP contribution in [0.2, 0.25) is 0 Å². The van der Waals surface area contributed by atoms with Gasteiger partial charge in [-0.3, -0.25) is 4.79 Å². The fourth-order valence-electron chi connectivity index (χ4n) is 4.19. The Morgan fingerprint density at radius 2 is 1.81 bits per heavy atom. The van der Waals surface area contributed by atoms with Crippen LogP contribution in [0.1, 0.15) is 54.4 Å². The van der Waals surface area contributed by atoms with Crippen LogP contribution in [0.4, 0.5) is 0 Å². The van der Waals surface area contributed by atoms with Gasteiger partial charge in [-0.05, 0) is 63.1 Å². The number of amides is 1. The maximum atomic E-state index is 13.1. The number of carbonyl (C=O) groups is 1. The van der Waals surface area contributed by atoms with Crippen molar-refractivity contribution in [3.8, 4) is 0 Å². The first kappa shape index (κ1) is 17.9. The van der Waals surface area contributed by atoms with Crippen LogP contribution in [0.3, 0.4) is 0 Å². The molecule has 26 heavy (non-hydrogen) atoms. The Bertz CT molecular complexity index is 807. The second-order valence-electron chi connectivity index (χ2n) is 8.05. The van der Waals surface area contributed by atoms with Crippen molar-refractivity contribution in [3.63, 3.8) is 0 Å². The van der Waals surface area contributed by atoms with E-state index in [9.17, 15) is 13.2 Å². The van der Waals surface area contributed by atoms with Gasteiger partial charge in [0.15, 0.2) is 0 Å². The first-order valence-corrected chi connectivity index (χ1v) is 11.0. The summed E-state index contributed by atoms with van der Waals surface area (Å²) in [7, 11) is -1.71. The number of fused-ring (bicyclic) bond motifs is 2. The number of carbonyl (C=O) groups excluding carboxylic acids is 1. The molecular weight excluding hydrogens is 350 g/mol. The molecule has 2 heterocycles. The lowest BCUT2D eigenvalue weighted by atomic mass is 9.97. The van der Waals surface area contributed by atoms with E-state index in [2.05, 4.69) is 10.0 Å². The van der Waals surface area contributed by atoms with Crippen molar-refractivity contribution in [1.82, 2.24) is 14.9 Å². The molecule has 6 nitrogen and oxygen atoms in total. The third-order valence-electron chi connectivity index (χ3n) is 5.97. The van der Waals surface area contributed by atoms with Crippen molar-refractivity contribution < 1.29 is 13.2 Å². The molecule has 2 unspecified atom stereocenters.